The molecule has 2 rings (SSSR count). The fourth-order valence-corrected chi connectivity index (χ4v) is 2.35. The van der Waals surface area contributed by atoms with Gasteiger partial charge in [-0.1, -0.05) is 18.2 Å². The highest BCUT2D eigenvalue weighted by Gasteiger charge is 2.18. The molecule has 0 aromatic heterocycles. The predicted molar refractivity (Wildman–Crippen MR) is 60.3 cm³/mol. The van der Waals surface area contributed by atoms with Crippen LogP contribution in [-0.4, -0.2) is 0 Å². The van der Waals surface area contributed by atoms with Gasteiger partial charge in [-0.25, -0.2) is 0 Å². The van der Waals surface area contributed by atoms with Gasteiger partial charge in [0, 0.05) is 6.04 Å². The van der Waals surface area contributed by atoms with Crippen molar-refractivity contribution in [3.05, 3.63) is 47.0 Å². The molecule has 0 amide bonds. The Labute approximate surface area is 85.6 Å². The molecule has 0 radical (unpaired) electrons. The van der Waals surface area contributed by atoms with Crippen molar-refractivity contribution in [2.24, 2.45) is 5.73 Å². The Morgan fingerprint density at radius 2 is 2.07 bits per heavy atom. The number of rotatable bonds is 2. The van der Waals surface area contributed by atoms with Crippen molar-refractivity contribution in [3.8, 4) is 0 Å². The van der Waals surface area contributed by atoms with E-state index in [2.05, 4.69) is 25.6 Å². The Kier molecular flexibility index (Phi) is 2.42. The lowest BCUT2D eigenvalue weighted by Crippen LogP contribution is -2.09. The minimum absolute atomic E-state index is 0.00227. The second-order valence-electron chi connectivity index (χ2n) is 4.04. The fraction of sp³-hybridized carbons (Fsp3) is 0.385. The standard InChI is InChI=1S/C13H17N/c1-3-13(14)12-8-7-9(2)10-5-4-6-11(10)12/h3,7-8,13H,1,4-6,14H2,2H3/t13-/m0/s1. The number of hydrogen-bond donors (Lipinski definition) is 1. The first-order valence-electron chi connectivity index (χ1n) is 5.23. The SMILES string of the molecule is C=C[C@H](N)c1ccc(C)c2c1CCC2. The zero-order valence-electron chi connectivity index (χ0n) is 8.72. The molecule has 0 spiro atoms. The van der Waals surface area contributed by atoms with Crippen LogP contribution in [0.25, 0.3) is 0 Å². The lowest BCUT2D eigenvalue weighted by atomic mass is 9.95. The van der Waals surface area contributed by atoms with Crippen molar-refractivity contribution in [1.29, 1.82) is 0 Å². The highest BCUT2D eigenvalue weighted by Crippen LogP contribution is 2.31. The maximum absolute atomic E-state index is 6.00. The number of hydrogen-bond acceptors (Lipinski definition) is 1. The van der Waals surface area contributed by atoms with Gasteiger partial charge in [-0.05, 0) is 48.4 Å². The van der Waals surface area contributed by atoms with Crippen LogP contribution in [0.5, 0.6) is 0 Å². The van der Waals surface area contributed by atoms with Crippen LogP contribution >= 0.6 is 0 Å². The van der Waals surface area contributed by atoms with E-state index in [9.17, 15) is 0 Å². The number of aryl methyl sites for hydroxylation is 1. The van der Waals surface area contributed by atoms with E-state index in [0.717, 1.165) is 0 Å². The van der Waals surface area contributed by atoms with Crippen LogP contribution in [0.1, 0.15) is 34.7 Å². The third kappa shape index (κ3) is 1.38. The topological polar surface area (TPSA) is 26.0 Å². The van der Waals surface area contributed by atoms with Gasteiger partial charge in [-0.2, -0.15) is 0 Å². The molecule has 0 saturated heterocycles. The van der Waals surface area contributed by atoms with Gasteiger partial charge in [0.1, 0.15) is 0 Å². The molecule has 1 aromatic carbocycles. The van der Waals surface area contributed by atoms with Crippen LogP contribution in [0.2, 0.25) is 0 Å². The third-order valence-corrected chi connectivity index (χ3v) is 3.17. The molecule has 0 aliphatic heterocycles. The van der Waals surface area contributed by atoms with Crippen molar-refractivity contribution < 1.29 is 0 Å². The Morgan fingerprint density at radius 1 is 1.36 bits per heavy atom. The van der Waals surface area contributed by atoms with Gasteiger partial charge >= 0.3 is 0 Å². The summed E-state index contributed by atoms with van der Waals surface area (Å²) in [7, 11) is 0. The third-order valence-electron chi connectivity index (χ3n) is 3.17. The summed E-state index contributed by atoms with van der Waals surface area (Å²) in [5.41, 5.74) is 11.7. The minimum Gasteiger partial charge on any atom is -0.321 e. The molecule has 14 heavy (non-hydrogen) atoms. The molecule has 1 aliphatic carbocycles. The highest BCUT2D eigenvalue weighted by atomic mass is 14.6. The second-order valence-corrected chi connectivity index (χ2v) is 4.04. The van der Waals surface area contributed by atoms with E-state index in [-0.39, 0.29) is 6.04 Å². The van der Waals surface area contributed by atoms with Crippen molar-refractivity contribution >= 4 is 0 Å². The molecule has 0 fully saturated rings. The second kappa shape index (κ2) is 3.58. The average Bonchev–Trinajstić information content (AvgIpc) is 2.67. The zero-order chi connectivity index (χ0) is 10.1. The van der Waals surface area contributed by atoms with Gasteiger partial charge < -0.3 is 5.73 Å². The van der Waals surface area contributed by atoms with E-state index in [0.29, 0.717) is 0 Å². The molecule has 1 atom stereocenters. The van der Waals surface area contributed by atoms with Gasteiger partial charge in [0.15, 0.2) is 0 Å². The van der Waals surface area contributed by atoms with E-state index in [1.807, 2.05) is 6.08 Å². The Balaban J connectivity index is 2.53. The zero-order valence-corrected chi connectivity index (χ0v) is 8.72. The molecule has 0 unspecified atom stereocenters. The van der Waals surface area contributed by atoms with E-state index in [1.165, 1.54) is 41.5 Å². The largest absolute Gasteiger partial charge is 0.321 e. The Bertz CT molecular complexity index is 366. The average molecular weight is 187 g/mol. The Morgan fingerprint density at radius 3 is 2.79 bits per heavy atom. The molecule has 1 aliphatic rings. The number of nitrogens with two attached hydrogens (primary N) is 1. The summed E-state index contributed by atoms with van der Waals surface area (Å²) in [6, 6.07) is 4.34. The molecule has 0 bridgehead atoms. The smallest absolute Gasteiger partial charge is 0.0481 e. The molecule has 1 nitrogen and oxygen atoms in total. The van der Waals surface area contributed by atoms with Crippen molar-refractivity contribution in [3.63, 3.8) is 0 Å². The monoisotopic (exact) mass is 187 g/mol. The normalized spacial score (nSPS) is 16.4. The van der Waals surface area contributed by atoms with E-state index in [4.69, 9.17) is 5.73 Å². The van der Waals surface area contributed by atoms with Crippen LogP contribution in [0.4, 0.5) is 0 Å². The summed E-state index contributed by atoms with van der Waals surface area (Å²) in [6.45, 7) is 5.95. The quantitative estimate of drug-likeness (QED) is 0.708. The van der Waals surface area contributed by atoms with Crippen molar-refractivity contribution in [2.45, 2.75) is 32.2 Å². The van der Waals surface area contributed by atoms with Crippen LogP contribution in [0.15, 0.2) is 24.8 Å². The first-order chi connectivity index (χ1) is 6.74. The van der Waals surface area contributed by atoms with Gasteiger partial charge in [-0.15, -0.1) is 6.58 Å². The lowest BCUT2D eigenvalue weighted by molar-refractivity contribution is 0.870. The predicted octanol–water partition coefficient (Wildman–Crippen LogP) is 2.67. The van der Waals surface area contributed by atoms with Gasteiger partial charge in [0.2, 0.25) is 0 Å². The summed E-state index contributed by atoms with van der Waals surface area (Å²) >= 11 is 0. The molecular formula is C13H17N. The van der Waals surface area contributed by atoms with Gasteiger partial charge in [-0.3, -0.25) is 0 Å². The fourth-order valence-electron chi connectivity index (χ4n) is 2.35. The number of fused-ring (bicyclic) bond motifs is 1. The highest BCUT2D eigenvalue weighted by molar-refractivity contribution is 5.45. The lowest BCUT2D eigenvalue weighted by Gasteiger charge is -2.14. The van der Waals surface area contributed by atoms with Crippen molar-refractivity contribution in [2.75, 3.05) is 0 Å². The first-order valence-corrected chi connectivity index (χ1v) is 5.23. The molecule has 1 aromatic rings. The summed E-state index contributed by atoms with van der Waals surface area (Å²) in [6.07, 6.45) is 5.51. The summed E-state index contributed by atoms with van der Waals surface area (Å²) in [5, 5.41) is 0. The van der Waals surface area contributed by atoms with Gasteiger partial charge in [0.25, 0.3) is 0 Å². The van der Waals surface area contributed by atoms with E-state index < -0.39 is 0 Å². The Hall–Kier alpha value is -1.08. The maximum Gasteiger partial charge on any atom is 0.0481 e. The van der Waals surface area contributed by atoms with Crippen LogP contribution in [0, 0.1) is 6.92 Å². The van der Waals surface area contributed by atoms with Crippen LogP contribution < -0.4 is 5.73 Å². The van der Waals surface area contributed by atoms with Crippen LogP contribution in [-0.2, 0) is 12.8 Å². The summed E-state index contributed by atoms with van der Waals surface area (Å²) < 4.78 is 0. The summed E-state index contributed by atoms with van der Waals surface area (Å²) in [5.74, 6) is 0. The van der Waals surface area contributed by atoms with Crippen molar-refractivity contribution in [1.82, 2.24) is 0 Å². The van der Waals surface area contributed by atoms with Gasteiger partial charge in [0.05, 0.1) is 0 Å². The van der Waals surface area contributed by atoms with E-state index >= 15 is 0 Å². The van der Waals surface area contributed by atoms with E-state index in [1.54, 1.807) is 0 Å². The first kappa shape index (κ1) is 9.47. The summed E-state index contributed by atoms with van der Waals surface area (Å²) in [4.78, 5) is 0. The molecular weight excluding hydrogens is 170 g/mol. The molecule has 0 saturated carbocycles. The molecule has 2 N–H and O–H groups in total. The molecule has 0 heterocycles. The van der Waals surface area contributed by atoms with Crippen LogP contribution in [0.3, 0.4) is 0 Å². The number of benzene rings is 1. The molecule has 74 valence electrons. The maximum atomic E-state index is 6.00. The minimum atomic E-state index is 0.00227. The molecule has 1 heteroatoms.